The topological polar surface area (TPSA) is 87.3 Å². The van der Waals surface area contributed by atoms with E-state index in [-0.39, 0.29) is 23.2 Å². The lowest BCUT2D eigenvalue weighted by Crippen LogP contribution is -2.16. The molecule has 3 N–H and O–H groups in total. The molecular formula is C19H24ClN3O3S. The third kappa shape index (κ3) is 6.23. The summed E-state index contributed by atoms with van der Waals surface area (Å²) in [5, 5.41) is 6.08. The minimum atomic E-state index is -3.71. The second-order valence-corrected chi connectivity index (χ2v) is 8.13. The molecule has 1 fully saturated rings. The van der Waals surface area contributed by atoms with E-state index in [9.17, 15) is 13.2 Å². The highest BCUT2D eigenvalue weighted by molar-refractivity contribution is 7.92. The van der Waals surface area contributed by atoms with Crippen LogP contribution in [0.4, 0.5) is 11.4 Å². The second kappa shape index (κ2) is 9.73. The molecule has 2 aromatic carbocycles. The quantitative estimate of drug-likeness (QED) is 0.655. The minimum absolute atomic E-state index is 0. The number of halogens is 1. The third-order valence-electron chi connectivity index (χ3n) is 4.40. The number of sulfonamides is 1. The predicted octanol–water partition coefficient (Wildman–Crippen LogP) is 3.24. The monoisotopic (exact) mass is 409 g/mol. The number of nitrogens with one attached hydrogen (secondary N) is 3. The molecule has 1 unspecified atom stereocenters. The number of amides is 1. The van der Waals surface area contributed by atoms with E-state index < -0.39 is 10.0 Å². The van der Waals surface area contributed by atoms with Gasteiger partial charge in [0, 0.05) is 17.8 Å². The Morgan fingerprint density at radius 3 is 2.52 bits per heavy atom. The Morgan fingerprint density at radius 2 is 1.81 bits per heavy atom. The summed E-state index contributed by atoms with van der Waals surface area (Å²) < 4.78 is 27.5. The minimum Gasteiger partial charge on any atom is -0.326 e. The van der Waals surface area contributed by atoms with Crippen LogP contribution in [0.1, 0.15) is 19.3 Å². The molecule has 0 saturated carbocycles. The summed E-state index contributed by atoms with van der Waals surface area (Å²) in [6.45, 7) is 1.98. The molecule has 1 aliphatic rings. The van der Waals surface area contributed by atoms with Crippen molar-refractivity contribution in [3.63, 3.8) is 0 Å². The van der Waals surface area contributed by atoms with E-state index in [0.717, 1.165) is 25.9 Å². The van der Waals surface area contributed by atoms with Gasteiger partial charge in [-0.15, -0.1) is 12.4 Å². The van der Waals surface area contributed by atoms with E-state index in [2.05, 4.69) is 15.4 Å². The van der Waals surface area contributed by atoms with Crippen molar-refractivity contribution in [1.29, 1.82) is 0 Å². The van der Waals surface area contributed by atoms with E-state index in [4.69, 9.17) is 0 Å². The Bertz CT molecular complexity index is 854. The van der Waals surface area contributed by atoms with Crippen LogP contribution in [0, 0.1) is 5.92 Å². The number of rotatable bonds is 7. The zero-order valence-corrected chi connectivity index (χ0v) is 16.5. The largest absolute Gasteiger partial charge is 0.326 e. The Kier molecular flexibility index (Phi) is 7.65. The van der Waals surface area contributed by atoms with Crippen LogP contribution in [-0.2, 0) is 14.8 Å². The van der Waals surface area contributed by atoms with Gasteiger partial charge >= 0.3 is 0 Å². The average Bonchev–Trinajstić information content (AvgIpc) is 3.14. The van der Waals surface area contributed by atoms with Gasteiger partial charge in [-0.2, -0.15) is 0 Å². The molecule has 0 bridgehead atoms. The van der Waals surface area contributed by atoms with Crippen LogP contribution >= 0.6 is 12.4 Å². The van der Waals surface area contributed by atoms with E-state index >= 15 is 0 Å². The van der Waals surface area contributed by atoms with Crippen LogP contribution in [0.3, 0.4) is 0 Å². The van der Waals surface area contributed by atoms with Crippen molar-refractivity contribution in [2.24, 2.45) is 5.92 Å². The van der Waals surface area contributed by atoms with E-state index in [1.165, 1.54) is 12.1 Å². The van der Waals surface area contributed by atoms with E-state index in [1.807, 2.05) is 6.07 Å². The molecular weight excluding hydrogens is 386 g/mol. The van der Waals surface area contributed by atoms with Gasteiger partial charge in [-0.05, 0) is 62.2 Å². The maximum Gasteiger partial charge on any atom is 0.261 e. The normalized spacial score (nSPS) is 16.4. The van der Waals surface area contributed by atoms with Crippen molar-refractivity contribution in [3.8, 4) is 0 Å². The highest BCUT2D eigenvalue weighted by Crippen LogP contribution is 2.20. The van der Waals surface area contributed by atoms with Gasteiger partial charge in [-0.3, -0.25) is 9.52 Å². The van der Waals surface area contributed by atoms with Crippen LogP contribution in [0.25, 0.3) is 0 Å². The molecule has 6 nitrogen and oxygen atoms in total. The maximum atomic E-state index is 12.5. The van der Waals surface area contributed by atoms with Crippen molar-refractivity contribution < 1.29 is 13.2 Å². The van der Waals surface area contributed by atoms with Crippen LogP contribution in [0.15, 0.2) is 59.5 Å². The summed E-state index contributed by atoms with van der Waals surface area (Å²) in [4.78, 5) is 12.2. The molecule has 1 aliphatic heterocycles. The second-order valence-electron chi connectivity index (χ2n) is 6.45. The summed E-state index contributed by atoms with van der Waals surface area (Å²) in [6.07, 6.45) is 2.38. The molecule has 1 heterocycles. The summed E-state index contributed by atoms with van der Waals surface area (Å²) in [6, 6.07) is 15.0. The smallest absolute Gasteiger partial charge is 0.261 e. The highest BCUT2D eigenvalue weighted by atomic mass is 35.5. The number of carbonyl (C=O) groups is 1. The Morgan fingerprint density at radius 1 is 1.07 bits per heavy atom. The summed E-state index contributed by atoms with van der Waals surface area (Å²) >= 11 is 0. The standard InChI is InChI=1S/C19H23N3O3S.ClH/c23-19(10-9-15-11-12-20-14-15)21-17-7-4-8-18(13-17)26(24,25)22-16-5-2-1-3-6-16;/h1-8,13,15,20,22H,9-12,14H2,(H,21,23);1H. The fourth-order valence-electron chi connectivity index (χ4n) is 2.98. The third-order valence-corrected chi connectivity index (χ3v) is 5.78. The first-order valence-corrected chi connectivity index (χ1v) is 10.2. The maximum absolute atomic E-state index is 12.5. The molecule has 1 amide bonds. The lowest BCUT2D eigenvalue weighted by molar-refractivity contribution is -0.116. The molecule has 1 saturated heterocycles. The molecule has 0 aliphatic carbocycles. The van der Waals surface area contributed by atoms with Gasteiger partial charge in [-0.25, -0.2) is 8.42 Å². The van der Waals surface area contributed by atoms with Crippen LogP contribution in [-0.4, -0.2) is 27.4 Å². The van der Waals surface area contributed by atoms with Crippen molar-refractivity contribution >= 4 is 39.7 Å². The van der Waals surface area contributed by atoms with Gasteiger partial charge in [0.05, 0.1) is 4.90 Å². The zero-order valence-electron chi connectivity index (χ0n) is 14.9. The van der Waals surface area contributed by atoms with Crippen molar-refractivity contribution in [3.05, 3.63) is 54.6 Å². The molecule has 2 aromatic rings. The first kappa shape index (κ1) is 21.2. The number of anilines is 2. The Hall–Kier alpha value is -2.09. The number of hydrogen-bond acceptors (Lipinski definition) is 4. The highest BCUT2D eigenvalue weighted by Gasteiger charge is 2.17. The molecule has 0 radical (unpaired) electrons. The summed E-state index contributed by atoms with van der Waals surface area (Å²) in [5.74, 6) is 0.449. The Balaban J connectivity index is 0.00000261. The van der Waals surface area contributed by atoms with Crippen molar-refractivity contribution in [2.45, 2.75) is 24.2 Å². The van der Waals surface area contributed by atoms with Gasteiger partial charge in [0.15, 0.2) is 0 Å². The summed E-state index contributed by atoms with van der Waals surface area (Å²) in [5.41, 5.74) is 0.975. The number of carbonyl (C=O) groups excluding carboxylic acids is 1. The molecule has 146 valence electrons. The number of hydrogen-bond donors (Lipinski definition) is 3. The van der Waals surface area contributed by atoms with Crippen LogP contribution in [0.2, 0.25) is 0 Å². The molecule has 0 aromatic heterocycles. The van der Waals surface area contributed by atoms with Crippen LogP contribution < -0.4 is 15.4 Å². The zero-order chi connectivity index (χ0) is 18.4. The van der Waals surface area contributed by atoms with Gasteiger partial charge in [0.25, 0.3) is 10.0 Å². The molecule has 3 rings (SSSR count). The van der Waals surface area contributed by atoms with Crippen LogP contribution in [0.5, 0.6) is 0 Å². The van der Waals surface area contributed by atoms with Gasteiger partial charge < -0.3 is 10.6 Å². The van der Waals surface area contributed by atoms with Crippen molar-refractivity contribution in [2.75, 3.05) is 23.1 Å². The Labute approximate surface area is 166 Å². The fourth-order valence-corrected chi connectivity index (χ4v) is 4.08. The first-order valence-electron chi connectivity index (χ1n) is 8.71. The molecule has 8 heteroatoms. The molecule has 27 heavy (non-hydrogen) atoms. The van der Waals surface area contributed by atoms with E-state index in [1.54, 1.807) is 36.4 Å². The van der Waals surface area contributed by atoms with Gasteiger partial charge in [0.1, 0.15) is 0 Å². The summed E-state index contributed by atoms with van der Waals surface area (Å²) in [7, 11) is -3.71. The lowest BCUT2D eigenvalue weighted by atomic mass is 10.0. The number of para-hydroxylation sites is 1. The molecule has 0 spiro atoms. The van der Waals surface area contributed by atoms with E-state index in [0.29, 0.717) is 23.7 Å². The van der Waals surface area contributed by atoms with Gasteiger partial charge in [0.2, 0.25) is 5.91 Å². The average molecular weight is 410 g/mol. The predicted molar refractivity (Wildman–Crippen MR) is 110 cm³/mol. The van der Waals surface area contributed by atoms with Crippen molar-refractivity contribution in [1.82, 2.24) is 5.32 Å². The SMILES string of the molecule is Cl.O=C(CCC1CCNC1)Nc1cccc(S(=O)(=O)Nc2ccccc2)c1. The fraction of sp³-hybridized carbons (Fsp3) is 0.316. The van der Waals surface area contributed by atoms with Gasteiger partial charge in [-0.1, -0.05) is 24.3 Å². The molecule has 1 atom stereocenters. The first-order chi connectivity index (χ1) is 12.5. The number of benzene rings is 2. The lowest BCUT2D eigenvalue weighted by Gasteiger charge is -2.11.